The summed E-state index contributed by atoms with van der Waals surface area (Å²) in [5.41, 5.74) is 2.07. The SMILES string of the molecule is CC(C)n1cnnc1CNc1nc(-c2cnccn2)nc2sc3c(c12)CCCC3. The molecular formula is C20H22N8S. The molecule has 1 N–H and O–H groups in total. The van der Waals surface area contributed by atoms with Gasteiger partial charge in [-0.25, -0.2) is 15.0 Å². The Bertz CT molecular complexity index is 1150. The standard InChI is InChI=1S/C20H22N8S/c1-12(2)28-11-24-27-16(28)10-23-19-17-13-5-3-4-6-15(13)29-20(17)26-18(25-19)14-9-21-7-8-22-14/h7-9,11-12H,3-6,10H2,1-2H3,(H,23,25,26). The van der Waals surface area contributed by atoms with E-state index in [0.29, 0.717) is 24.1 Å². The fraction of sp³-hybridized carbons (Fsp3) is 0.400. The summed E-state index contributed by atoms with van der Waals surface area (Å²) in [7, 11) is 0. The average molecular weight is 407 g/mol. The summed E-state index contributed by atoms with van der Waals surface area (Å²) in [5.74, 6) is 2.32. The maximum atomic E-state index is 4.85. The zero-order chi connectivity index (χ0) is 19.8. The summed E-state index contributed by atoms with van der Waals surface area (Å²) < 4.78 is 2.07. The third-order valence-electron chi connectivity index (χ3n) is 5.22. The Hall–Kier alpha value is -2.94. The number of aromatic nitrogens is 7. The molecule has 4 aromatic rings. The van der Waals surface area contributed by atoms with E-state index in [1.807, 2.05) is 0 Å². The topological polar surface area (TPSA) is 94.3 Å². The minimum absolute atomic E-state index is 0.302. The van der Waals surface area contributed by atoms with Crippen LogP contribution in [0.4, 0.5) is 5.82 Å². The van der Waals surface area contributed by atoms with Crippen LogP contribution in [0, 0.1) is 0 Å². The lowest BCUT2D eigenvalue weighted by Crippen LogP contribution is -2.12. The normalized spacial score (nSPS) is 13.8. The van der Waals surface area contributed by atoms with Crippen molar-refractivity contribution in [1.82, 2.24) is 34.7 Å². The molecule has 0 saturated heterocycles. The van der Waals surface area contributed by atoms with Gasteiger partial charge in [0.1, 0.15) is 22.7 Å². The smallest absolute Gasteiger partial charge is 0.183 e. The highest BCUT2D eigenvalue weighted by Crippen LogP contribution is 2.39. The molecule has 0 saturated carbocycles. The van der Waals surface area contributed by atoms with Crippen molar-refractivity contribution < 1.29 is 0 Å². The minimum Gasteiger partial charge on any atom is -0.362 e. The molecule has 4 aromatic heterocycles. The van der Waals surface area contributed by atoms with Crippen LogP contribution in [0.2, 0.25) is 0 Å². The molecular weight excluding hydrogens is 384 g/mol. The molecule has 0 aromatic carbocycles. The van der Waals surface area contributed by atoms with Crippen molar-refractivity contribution in [2.45, 2.75) is 52.1 Å². The molecule has 0 bridgehead atoms. The zero-order valence-electron chi connectivity index (χ0n) is 16.5. The fourth-order valence-electron chi connectivity index (χ4n) is 3.80. The van der Waals surface area contributed by atoms with Crippen LogP contribution in [0.1, 0.15) is 49.0 Å². The molecule has 8 nitrogen and oxygen atoms in total. The Morgan fingerprint density at radius 1 is 1.17 bits per heavy atom. The van der Waals surface area contributed by atoms with Crippen LogP contribution >= 0.6 is 11.3 Å². The summed E-state index contributed by atoms with van der Waals surface area (Å²) in [6, 6.07) is 0.302. The first-order chi connectivity index (χ1) is 14.2. The van der Waals surface area contributed by atoms with Gasteiger partial charge in [0.25, 0.3) is 0 Å². The Balaban J connectivity index is 1.59. The highest BCUT2D eigenvalue weighted by molar-refractivity contribution is 7.19. The number of rotatable bonds is 5. The number of anilines is 1. The second-order valence-electron chi connectivity index (χ2n) is 7.48. The molecule has 4 heterocycles. The van der Waals surface area contributed by atoms with Crippen molar-refractivity contribution in [2.75, 3.05) is 5.32 Å². The molecule has 0 radical (unpaired) electrons. The predicted octanol–water partition coefficient (Wildman–Crippen LogP) is 3.81. The monoisotopic (exact) mass is 406 g/mol. The van der Waals surface area contributed by atoms with Crippen LogP contribution in [-0.4, -0.2) is 34.7 Å². The largest absolute Gasteiger partial charge is 0.362 e. The number of nitrogens with one attached hydrogen (secondary N) is 1. The number of nitrogens with zero attached hydrogens (tertiary/aromatic N) is 7. The van der Waals surface area contributed by atoms with E-state index in [0.717, 1.165) is 34.7 Å². The van der Waals surface area contributed by atoms with E-state index in [4.69, 9.17) is 9.97 Å². The van der Waals surface area contributed by atoms with E-state index >= 15 is 0 Å². The lowest BCUT2D eigenvalue weighted by Gasteiger charge is -2.14. The van der Waals surface area contributed by atoms with Gasteiger partial charge in [0.2, 0.25) is 0 Å². The first-order valence-corrected chi connectivity index (χ1v) is 10.7. The Kier molecular flexibility index (Phi) is 4.67. The molecule has 9 heteroatoms. The van der Waals surface area contributed by atoms with Gasteiger partial charge in [-0.1, -0.05) is 0 Å². The average Bonchev–Trinajstić information content (AvgIpc) is 3.37. The van der Waals surface area contributed by atoms with Crippen molar-refractivity contribution in [3.05, 3.63) is 41.2 Å². The van der Waals surface area contributed by atoms with Crippen LogP contribution in [0.25, 0.3) is 21.7 Å². The quantitative estimate of drug-likeness (QED) is 0.538. The zero-order valence-corrected chi connectivity index (χ0v) is 17.3. The molecule has 1 aliphatic rings. The van der Waals surface area contributed by atoms with Crippen LogP contribution in [0.5, 0.6) is 0 Å². The summed E-state index contributed by atoms with van der Waals surface area (Å²) in [5, 5.41) is 13.0. The molecule has 0 amide bonds. The second kappa shape index (κ2) is 7.47. The van der Waals surface area contributed by atoms with Crippen molar-refractivity contribution >= 4 is 27.4 Å². The second-order valence-corrected chi connectivity index (χ2v) is 8.56. The Morgan fingerprint density at radius 3 is 2.90 bits per heavy atom. The lowest BCUT2D eigenvalue weighted by atomic mass is 9.97. The predicted molar refractivity (Wildman–Crippen MR) is 113 cm³/mol. The molecule has 0 fully saturated rings. The van der Waals surface area contributed by atoms with E-state index in [1.54, 1.807) is 36.3 Å². The minimum atomic E-state index is 0.302. The number of hydrogen-bond donors (Lipinski definition) is 1. The van der Waals surface area contributed by atoms with E-state index in [-0.39, 0.29) is 0 Å². The third kappa shape index (κ3) is 3.35. The van der Waals surface area contributed by atoms with Crippen molar-refractivity contribution in [2.24, 2.45) is 0 Å². The van der Waals surface area contributed by atoms with Crippen LogP contribution in [0.3, 0.4) is 0 Å². The summed E-state index contributed by atoms with van der Waals surface area (Å²) in [6.45, 7) is 4.79. The molecule has 0 atom stereocenters. The Morgan fingerprint density at radius 2 is 2.07 bits per heavy atom. The van der Waals surface area contributed by atoms with Gasteiger partial charge in [0.15, 0.2) is 11.6 Å². The van der Waals surface area contributed by atoms with Gasteiger partial charge >= 0.3 is 0 Å². The van der Waals surface area contributed by atoms with Gasteiger partial charge in [0, 0.05) is 23.3 Å². The molecule has 148 valence electrons. The van der Waals surface area contributed by atoms with Crippen molar-refractivity contribution in [1.29, 1.82) is 0 Å². The van der Waals surface area contributed by atoms with Gasteiger partial charge < -0.3 is 9.88 Å². The van der Waals surface area contributed by atoms with Gasteiger partial charge in [-0.2, -0.15) is 0 Å². The fourth-order valence-corrected chi connectivity index (χ4v) is 5.06. The van der Waals surface area contributed by atoms with Gasteiger partial charge in [-0.05, 0) is 45.1 Å². The Labute approximate surface area is 172 Å². The maximum Gasteiger partial charge on any atom is 0.183 e. The van der Waals surface area contributed by atoms with Crippen LogP contribution in [0.15, 0.2) is 24.9 Å². The molecule has 5 rings (SSSR count). The number of hydrogen-bond acceptors (Lipinski definition) is 8. The molecule has 1 aliphatic carbocycles. The van der Waals surface area contributed by atoms with E-state index in [9.17, 15) is 0 Å². The first kappa shape index (κ1) is 18.1. The van der Waals surface area contributed by atoms with E-state index < -0.39 is 0 Å². The maximum absolute atomic E-state index is 4.85. The van der Waals surface area contributed by atoms with Gasteiger partial charge in [-0.3, -0.25) is 4.98 Å². The molecule has 0 unspecified atom stereocenters. The van der Waals surface area contributed by atoms with Gasteiger partial charge in [-0.15, -0.1) is 21.5 Å². The highest BCUT2D eigenvalue weighted by atomic mass is 32.1. The molecule has 29 heavy (non-hydrogen) atoms. The highest BCUT2D eigenvalue weighted by Gasteiger charge is 2.22. The summed E-state index contributed by atoms with van der Waals surface area (Å²) in [6.07, 6.45) is 11.5. The van der Waals surface area contributed by atoms with Gasteiger partial charge in [0.05, 0.1) is 18.1 Å². The van der Waals surface area contributed by atoms with E-state index in [2.05, 4.69) is 43.9 Å². The lowest BCUT2D eigenvalue weighted by molar-refractivity contribution is 0.572. The summed E-state index contributed by atoms with van der Waals surface area (Å²) in [4.78, 5) is 20.7. The van der Waals surface area contributed by atoms with E-state index in [1.165, 1.54) is 23.3 Å². The molecule has 0 aliphatic heterocycles. The van der Waals surface area contributed by atoms with Crippen LogP contribution < -0.4 is 5.32 Å². The number of thiophene rings is 1. The summed E-state index contributed by atoms with van der Waals surface area (Å²) >= 11 is 1.78. The molecule has 0 spiro atoms. The van der Waals surface area contributed by atoms with Crippen molar-refractivity contribution in [3.8, 4) is 11.5 Å². The number of aryl methyl sites for hydroxylation is 2. The first-order valence-electron chi connectivity index (χ1n) is 9.91. The van der Waals surface area contributed by atoms with Crippen molar-refractivity contribution in [3.63, 3.8) is 0 Å². The number of fused-ring (bicyclic) bond motifs is 3. The van der Waals surface area contributed by atoms with Crippen LogP contribution in [-0.2, 0) is 19.4 Å². The third-order valence-corrected chi connectivity index (χ3v) is 6.41.